The fraction of sp³-hybridized carbons (Fsp3) is 0.250. The summed E-state index contributed by atoms with van der Waals surface area (Å²) in [5, 5.41) is 11.3. The number of hydrogen-bond acceptors (Lipinski definition) is 6. The van der Waals surface area contributed by atoms with Crippen LogP contribution in [0.5, 0.6) is 11.5 Å². The predicted octanol–water partition coefficient (Wildman–Crippen LogP) is 5.51. The molecule has 1 N–H and O–H groups in total. The highest BCUT2D eigenvalue weighted by molar-refractivity contribution is 9.10. The number of benzene rings is 2. The molecule has 2 heterocycles. The molecule has 1 aliphatic heterocycles. The van der Waals surface area contributed by atoms with Crippen molar-refractivity contribution in [2.45, 2.75) is 26.4 Å². The highest BCUT2D eigenvalue weighted by Gasteiger charge is 2.46. The lowest BCUT2D eigenvalue weighted by Crippen LogP contribution is -2.29. The summed E-state index contributed by atoms with van der Waals surface area (Å²) >= 11 is 3.42. The van der Waals surface area contributed by atoms with Gasteiger partial charge in [0.25, 0.3) is 11.7 Å². The van der Waals surface area contributed by atoms with Gasteiger partial charge < -0.3 is 19.5 Å². The lowest BCUT2D eigenvalue weighted by atomic mass is 9.95. The number of aliphatic hydroxyl groups is 1. The minimum Gasteiger partial charge on any atom is -0.507 e. The Morgan fingerprint density at radius 1 is 1.11 bits per heavy atom. The van der Waals surface area contributed by atoms with Gasteiger partial charge in [-0.25, -0.2) is 0 Å². The number of ketones is 1. The number of pyridine rings is 1. The van der Waals surface area contributed by atoms with Crippen molar-refractivity contribution in [3.05, 3.63) is 93.7 Å². The zero-order valence-corrected chi connectivity index (χ0v) is 21.9. The molecule has 8 heteroatoms. The van der Waals surface area contributed by atoms with Crippen molar-refractivity contribution in [1.29, 1.82) is 0 Å². The van der Waals surface area contributed by atoms with E-state index in [9.17, 15) is 14.7 Å². The fourth-order valence-corrected chi connectivity index (χ4v) is 4.62. The zero-order valence-electron chi connectivity index (χ0n) is 20.3. The number of aliphatic hydroxyl groups excluding tert-OH is 1. The van der Waals surface area contributed by atoms with E-state index in [1.807, 2.05) is 24.3 Å². The molecule has 0 spiro atoms. The Hall–Kier alpha value is -3.65. The first kappa shape index (κ1) is 25.4. The van der Waals surface area contributed by atoms with Crippen molar-refractivity contribution in [2.24, 2.45) is 5.92 Å². The standard InChI is InChI=1S/C28H27BrN2O5/c1-17(2)16-36-21-6-4-5-19(13-21)25-24(26(32)20-7-8-23(35-3)22(29)14-20)27(33)28(34)31(25)15-18-9-11-30-12-10-18/h4-14,17,25,32H,15-16H2,1-3H3/b26-24+. The molecule has 1 aliphatic rings. The second-order valence-corrected chi connectivity index (χ2v) is 9.76. The van der Waals surface area contributed by atoms with Gasteiger partial charge in [0, 0.05) is 24.5 Å². The van der Waals surface area contributed by atoms with Crippen LogP contribution in [-0.4, -0.2) is 40.4 Å². The van der Waals surface area contributed by atoms with Gasteiger partial charge in [-0.2, -0.15) is 0 Å². The van der Waals surface area contributed by atoms with Gasteiger partial charge in [-0.3, -0.25) is 14.6 Å². The molecule has 7 nitrogen and oxygen atoms in total. The van der Waals surface area contributed by atoms with Gasteiger partial charge in [-0.05, 0) is 75.4 Å². The van der Waals surface area contributed by atoms with E-state index in [0.29, 0.717) is 39.6 Å². The number of Topliss-reactive ketones (excluding diaryl/α,β-unsaturated/α-hetero) is 1. The van der Waals surface area contributed by atoms with E-state index in [1.54, 1.807) is 49.8 Å². The Kier molecular flexibility index (Phi) is 7.74. The van der Waals surface area contributed by atoms with Crippen LogP contribution in [0.2, 0.25) is 0 Å². The normalized spacial score (nSPS) is 17.0. The predicted molar refractivity (Wildman–Crippen MR) is 140 cm³/mol. The molecule has 1 atom stereocenters. The number of amides is 1. The van der Waals surface area contributed by atoms with Gasteiger partial charge in [-0.1, -0.05) is 26.0 Å². The summed E-state index contributed by atoms with van der Waals surface area (Å²) in [6.45, 7) is 4.82. The molecule has 1 fully saturated rings. The number of carbonyl (C=O) groups excluding carboxylic acids is 2. The monoisotopic (exact) mass is 550 g/mol. The Balaban J connectivity index is 1.84. The van der Waals surface area contributed by atoms with E-state index in [2.05, 4.69) is 34.8 Å². The average Bonchev–Trinajstić information content (AvgIpc) is 3.12. The van der Waals surface area contributed by atoms with Gasteiger partial charge in [0.15, 0.2) is 0 Å². The van der Waals surface area contributed by atoms with E-state index < -0.39 is 17.7 Å². The molecule has 0 saturated carbocycles. The molecule has 2 aromatic carbocycles. The summed E-state index contributed by atoms with van der Waals surface area (Å²) < 4.78 is 11.8. The minimum atomic E-state index is -0.804. The summed E-state index contributed by atoms with van der Waals surface area (Å²) in [7, 11) is 1.54. The van der Waals surface area contributed by atoms with E-state index in [0.717, 1.165) is 5.56 Å². The summed E-state index contributed by atoms with van der Waals surface area (Å²) in [5.41, 5.74) is 1.89. The highest BCUT2D eigenvalue weighted by atomic mass is 79.9. The van der Waals surface area contributed by atoms with Crippen molar-refractivity contribution in [3.63, 3.8) is 0 Å². The molecule has 1 saturated heterocycles. The number of halogens is 1. The first-order valence-electron chi connectivity index (χ1n) is 11.5. The van der Waals surface area contributed by atoms with Crippen LogP contribution in [0.25, 0.3) is 5.76 Å². The molecule has 0 aliphatic carbocycles. The first-order chi connectivity index (χ1) is 17.3. The zero-order chi connectivity index (χ0) is 25.8. The van der Waals surface area contributed by atoms with E-state index in [4.69, 9.17) is 9.47 Å². The van der Waals surface area contributed by atoms with Crippen molar-refractivity contribution in [3.8, 4) is 11.5 Å². The molecule has 0 bridgehead atoms. The number of methoxy groups -OCH3 is 1. The molecule has 186 valence electrons. The average molecular weight is 551 g/mol. The van der Waals surface area contributed by atoms with Crippen LogP contribution in [0, 0.1) is 5.92 Å². The third-order valence-corrected chi connectivity index (χ3v) is 6.44. The Morgan fingerprint density at radius 3 is 2.53 bits per heavy atom. The van der Waals surface area contributed by atoms with Crippen LogP contribution < -0.4 is 9.47 Å². The number of hydrogen-bond donors (Lipinski definition) is 1. The Bertz CT molecular complexity index is 1310. The smallest absolute Gasteiger partial charge is 0.295 e. The van der Waals surface area contributed by atoms with E-state index in [1.165, 1.54) is 4.90 Å². The topological polar surface area (TPSA) is 89.0 Å². The molecular weight excluding hydrogens is 524 g/mol. The van der Waals surface area contributed by atoms with Crippen molar-refractivity contribution >= 4 is 33.4 Å². The second-order valence-electron chi connectivity index (χ2n) is 8.91. The number of rotatable bonds is 8. The number of nitrogens with zero attached hydrogens (tertiary/aromatic N) is 2. The van der Waals surface area contributed by atoms with Crippen LogP contribution in [0.15, 0.2) is 77.0 Å². The second kappa shape index (κ2) is 11.0. The summed E-state index contributed by atoms with van der Waals surface area (Å²) in [6, 6.07) is 15.1. The van der Waals surface area contributed by atoms with Crippen LogP contribution in [0.4, 0.5) is 0 Å². The molecule has 1 unspecified atom stereocenters. The molecule has 0 radical (unpaired) electrons. The highest BCUT2D eigenvalue weighted by Crippen LogP contribution is 2.41. The van der Waals surface area contributed by atoms with Crippen LogP contribution in [-0.2, 0) is 16.1 Å². The summed E-state index contributed by atoms with van der Waals surface area (Å²) in [5.74, 6) is -0.141. The van der Waals surface area contributed by atoms with Crippen LogP contribution in [0.3, 0.4) is 0 Å². The molecule has 4 rings (SSSR count). The van der Waals surface area contributed by atoms with E-state index >= 15 is 0 Å². The molecule has 1 amide bonds. The maximum absolute atomic E-state index is 13.3. The van der Waals surface area contributed by atoms with Gasteiger partial charge in [0.2, 0.25) is 0 Å². The number of ether oxygens (including phenoxy) is 2. The van der Waals surface area contributed by atoms with Gasteiger partial charge in [-0.15, -0.1) is 0 Å². The minimum absolute atomic E-state index is 0.0205. The number of likely N-dealkylation sites (tertiary alicyclic amines) is 1. The molecular formula is C28H27BrN2O5. The van der Waals surface area contributed by atoms with Crippen LogP contribution >= 0.6 is 15.9 Å². The molecule has 3 aromatic rings. The van der Waals surface area contributed by atoms with Crippen molar-refractivity contribution in [2.75, 3.05) is 13.7 Å². The molecule has 1 aromatic heterocycles. The maximum Gasteiger partial charge on any atom is 0.295 e. The van der Waals surface area contributed by atoms with E-state index in [-0.39, 0.29) is 17.9 Å². The number of carbonyl (C=O) groups is 2. The quantitative estimate of drug-likeness (QED) is 0.226. The summed E-state index contributed by atoms with van der Waals surface area (Å²) in [6.07, 6.45) is 3.27. The van der Waals surface area contributed by atoms with Gasteiger partial charge in [0.1, 0.15) is 17.3 Å². The maximum atomic E-state index is 13.3. The third kappa shape index (κ3) is 5.28. The summed E-state index contributed by atoms with van der Waals surface area (Å²) in [4.78, 5) is 32.1. The van der Waals surface area contributed by atoms with Crippen molar-refractivity contribution < 1.29 is 24.2 Å². The Morgan fingerprint density at radius 2 is 1.86 bits per heavy atom. The lowest BCUT2D eigenvalue weighted by Gasteiger charge is -2.26. The van der Waals surface area contributed by atoms with Crippen LogP contribution in [0.1, 0.15) is 36.6 Å². The lowest BCUT2D eigenvalue weighted by molar-refractivity contribution is -0.140. The molecule has 36 heavy (non-hydrogen) atoms. The Labute approximate surface area is 218 Å². The first-order valence-corrected chi connectivity index (χ1v) is 12.3. The van der Waals surface area contributed by atoms with Crippen molar-refractivity contribution in [1.82, 2.24) is 9.88 Å². The van der Waals surface area contributed by atoms with Gasteiger partial charge in [0.05, 0.1) is 29.8 Å². The fourth-order valence-electron chi connectivity index (χ4n) is 4.08. The largest absolute Gasteiger partial charge is 0.507 e. The third-order valence-electron chi connectivity index (χ3n) is 5.82. The van der Waals surface area contributed by atoms with Gasteiger partial charge >= 0.3 is 0 Å². The SMILES string of the molecule is COc1ccc(/C(O)=C2\C(=O)C(=O)N(Cc3ccncc3)C2c2cccc(OCC(C)C)c2)cc1Br. The number of aromatic nitrogens is 1.